The van der Waals surface area contributed by atoms with Crippen molar-refractivity contribution < 1.29 is 14.6 Å². The lowest BCUT2D eigenvalue weighted by molar-refractivity contribution is -0.138. The summed E-state index contributed by atoms with van der Waals surface area (Å²) in [4.78, 5) is 13.2. The quantitative estimate of drug-likeness (QED) is 0.796. The first-order valence-corrected chi connectivity index (χ1v) is 5.63. The summed E-state index contributed by atoms with van der Waals surface area (Å²) in [6.45, 7) is 5.08. The fourth-order valence-corrected chi connectivity index (χ4v) is 1.61. The van der Waals surface area contributed by atoms with Gasteiger partial charge in [-0.25, -0.2) is 0 Å². The Morgan fingerprint density at radius 1 is 1.47 bits per heavy atom. The molecule has 1 aromatic rings. The molecule has 0 saturated carbocycles. The minimum atomic E-state index is -0.283. The molecule has 1 N–H and O–H groups in total. The zero-order valence-corrected chi connectivity index (χ0v) is 10.5. The van der Waals surface area contributed by atoms with Crippen molar-refractivity contribution in [3.8, 4) is 5.75 Å². The lowest BCUT2D eigenvalue weighted by Gasteiger charge is -2.25. The summed E-state index contributed by atoms with van der Waals surface area (Å²) in [7, 11) is 1.37. The van der Waals surface area contributed by atoms with E-state index in [4.69, 9.17) is 0 Å². The predicted molar refractivity (Wildman–Crippen MR) is 67.2 cm³/mol. The minimum absolute atomic E-state index is 0.193. The molecular formula is C13H19NO3. The summed E-state index contributed by atoms with van der Waals surface area (Å²) in [5.41, 5.74) is 0.823. The van der Waals surface area contributed by atoms with E-state index in [1.807, 2.05) is 11.0 Å². The fourth-order valence-electron chi connectivity index (χ4n) is 1.61. The maximum absolute atomic E-state index is 11.3. The monoisotopic (exact) mass is 237 g/mol. The number of phenolic OH excluding ortho intramolecular Hbond substituents is 1. The van der Waals surface area contributed by atoms with Crippen LogP contribution in [0, 0.1) is 5.92 Å². The highest BCUT2D eigenvalue weighted by Crippen LogP contribution is 2.20. The summed E-state index contributed by atoms with van der Waals surface area (Å²) in [5.74, 6) is 0.331. The molecule has 4 nitrogen and oxygen atoms in total. The topological polar surface area (TPSA) is 49.8 Å². The first-order valence-electron chi connectivity index (χ1n) is 5.63. The number of benzene rings is 1. The molecule has 0 heterocycles. The molecule has 0 aliphatic heterocycles. The van der Waals surface area contributed by atoms with E-state index >= 15 is 0 Å². The number of hydrogen-bond acceptors (Lipinski definition) is 4. The van der Waals surface area contributed by atoms with Crippen LogP contribution in [0.4, 0.5) is 5.69 Å². The van der Waals surface area contributed by atoms with Crippen LogP contribution in [0.2, 0.25) is 0 Å². The lowest BCUT2D eigenvalue weighted by Crippen LogP contribution is -2.33. The summed E-state index contributed by atoms with van der Waals surface area (Å²) in [5, 5.41) is 9.44. The van der Waals surface area contributed by atoms with Crippen LogP contribution in [0.25, 0.3) is 0 Å². The number of hydrogen-bond donors (Lipinski definition) is 1. The Hall–Kier alpha value is -1.71. The van der Waals surface area contributed by atoms with E-state index in [-0.39, 0.29) is 18.3 Å². The smallest absolute Gasteiger partial charge is 0.325 e. The zero-order valence-electron chi connectivity index (χ0n) is 10.5. The third-order valence-electron chi connectivity index (χ3n) is 2.33. The van der Waals surface area contributed by atoms with E-state index < -0.39 is 0 Å². The molecule has 94 valence electrons. The predicted octanol–water partition coefficient (Wildman–Crippen LogP) is 2.03. The molecule has 0 aliphatic carbocycles. The van der Waals surface area contributed by atoms with Crippen LogP contribution in [-0.4, -0.2) is 31.3 Å². The molecular weight excluding hydrogens is 218 g/mol. The van der Waals surface area contributed by atoms with Gasteiger partial charge in [-0.15, -0.1) is 0 Å². The normalized spacial score (nSPS) is 10.4. The number of nitrogens with zero attached hydrogens (tertiary/aromatic N) is 1. The van der Waals surface area contributed by atoms with Crippen LogP contribution >= 0.6 is 0 Å². The fraction of sp³-hybridized carbons (Fsp3) is 0.462. The highest BCUT2D eigenvalue weighted by atomic mass is 16.5. The average Bonchev–Trinajstić information content (AvgIpc) is 2.27. The molecule has 0 aliphatic rings. The number of rotatable bonds is 5. The van der Waals surface area contributed by atoms with Gasteiger partial charge in [-0.05, 0) is 18.1 Å². The molecule has 0 aromatic heterocycles. The lowest BCUT2D eigenvalue weighted by atomic mass is 10.2. The zero-order chi connectivity index (χ0) is 12.8. The Bertz CT molecular complexity index is 377. The number of methoxy groups -OCH3 is 1. The molecule has 0 saturated heterocycles. The number of carbonyl (C=O) groups is 1. The van der Waals surface area contributed by atoms with Crippen molar-refractivity contribution in [2.45, 2.75) is 13.8 Å². The molecule has 0 atom stereocenters. The first-order chi connectivity index (χ1) is 8.02. The third kappa shape index (κ3) is 4.34. The maximum atomic E-state index is 11.3. The molecule has 0 fully saturated rings. The van der Waals surface area contributed by atoms with Gasteiger partial charge in [-0.1, -0.05) is 19.9 Å². The Labute approximate surface area is 102 Å². The van der Waals surface area contributed by atoms with Gasteiger partial charge in [0.1, 0.15) is 12.3 Å². The van der Waals surface area contributed by atoms with Crippen LogP contribution in [0.1, 0.15) is 13.8 Å². The Kier molecular flexibility index (Phi) is 4.82. The van der Waals surface area contributed by atoms with E-state index in [0.717, 1.165) is 12.2 Å². The van der Waals surface area contributed by atoms with E-state index in [9.17, 15) is 9.90 Å². The molecule has 1 rings (SSSR count). The van der Waals surface area contributed by atoms with Gasteiger partial charge in [0.15, 0.2) is 0 Å². The first kappa shape index (κ1) is 13.4. The number of ether oxygens (including phenoxy) is 1. The highest BCUT2D eigenvalue weighted by molar-refractivity contribution is 5.75. The summed E-state index contributed by atoms with van der Waals surface area (Å²) in [6.07, 6.45) is 0. The Morgan fingerprint density at radius 3 is 2.71 bits per heavy atom. The molecule has 0 amide bonds. The van der Waals surface area contributed by atoms with Crippen LogP contribution in [0.3, 0.4) is 0 Å². The average molecular weight is 237 g/mol. The second kappa shape index (κ2) is 6.13. The molecule has 4 heteroatoms. The van der Waals surface area contributed by atoms with Crippen molar-refractivity contribution in [2.24, 2.45) is 5.92 Å². The van der Waals surface area contributed by atoms with E-state index in [2.05, 4.69) is 18.6 Å². The van der Waals surface area contributed by atoms with Gasteiger partial charge in [0.25, 0.3) is 0 Å². The summed E-state index contributed by atoms with van der Waals surface area (Å²) in [6, 6.07) is 6.88. The summed E-state index contributed by atoms with van der Waals surface area (Å²) >= 11 is 0. The number of anilines is 1. The van der Waals surface area contributed by atoms with Crippen LogP contribution < -0.4 is 4.90 Å². The van der Waals surface area contributed by atoms with E-state index in [1.54, 1.807) is 18.2 Å². The van der Waals surface area contributed by atoms with E-state index in [1.165, 1.54) is 7.11 Å². The number of phenols is 1. The van der Waals surface area contributed by atoms with Crippen molar-refractivity contribution >= 4 is 11.7 Å². The molecule has 0 bridgehead atoms. The van der Waals surface area contributed by atoms with Gasteiger partial charge in [0.05, 0.1) is 7.11 Å². The number of aromatic hydroxyl groups is 1. The van der Waals surface area contributed by atoms with Crippen molar-refractivity contribution in [3.63, 3.8) is 0 Å². The number of carbonyl (C=O) groups excluding carboxylic acids is 1. The van der Waals surface area contributed by atoms with Crippen LogP contribution in [-0.2, 0) is 9.53 Å². The van der Waals surface area contributed by atoms with Crippen molar-refractivity contribution in [2.75, 3.05) is 25.1 Å². The minimum Gasteiger partial charge on any atom is -0.508 e. The van der Waals surface area contributed by atoms with Crippen LogP contribution in [0.15, 0.2) is 24.3 Å². The van der Waals surface area contributed by atoms with Gasteiger partial charge in [0.2, 0.25) is 0 Å². The van der Waals surface area contributed by atoms with Crippen molar-refractivity contribution in [1.29, 1.82) is 0 Å². The molecule has 0 spiro atoms. The number of esters is 1. The molecule has 0 unspecified atom stereocenters. The Balaban J connectivity index is 2.85. The standard InChI is InChI=1S/C13H19NO3/c1-10(2)8-14(9-13(16)17-3)11-5-4-6-12(15)7-11/h4-7,10,15H,8-9H2,1-3H3. The molecule has 17 heavy (non-hydrogen) atoms. The second-order valence-corrected chi connectivity index (χ2v) is 4.37. The van der Waals surface area contributed by atoms with Gasteiger partial charge >= 0.3 is 5.97 Å². The van der Waals surface area contributed by atoms with Gasteiger partial charge in [-0.3, -0.25) is 4.79 Å². The Morgan fingerprint density at radius 2 is 2.18 bits per heavy atom. The van der Waals surface area contributed by atoms with Crippen molar-refractivity contribution in [3.05, 3.63) is 24.3 Å². The highest BCUT2D eigenvalue weighted by Gasteiger charge is 2.13. The second-order valence-electron chi connectivity index (χ2n) is 4.37. The molecule has 0 radical (unpaired) electrons. The third-order valence-corrected chi connectivity index (χ3v) is 2.33. The van der Waals surface area contributed by atoms with Gasteiger partial charge in [-0.2, -0.15) is 0 Å². The van der Waals surface area contributed by atoms with Gasteiger partial charge in [0, 0.05) is 18.3 Å². The largest absolute Gasteiger partial charge is 0.508 e. The molecule has 1 aromatic carbocycles. The summed E-state index contributed by atoms with van der Waals surface area (Å²) < 4.78 is 4.67. The van der Waals surface area contributed by atoms with Gasteiger partial charge < -0.3 is 14.7 Å². The van der Waals surface area contributed by atoms with Crippen LogP contribution in [0.5, 0.6) is 5.75 Å². The SMILES string of the molecule is COC(=O)CN(CC(C)C)c1cccc(O)c1. The van der Waals surface area contributed by atoms with E-state index in [0.29, 0.717) is 5.92 Å². The van der Waals surface area contributed by atoms with Crippen molar-refractivity contribution in [1.82, 2.24) is 0 Å². The maximum Gasteiger partial charge on any atom is 0.325 e.